The van der Waals surface area contributed by atoms with E-state index in [0.717, 1.165) is 18.6 Å². The van der Waals surface area contributed by atoms with Crippen LogP contribution in [0.4, 0.5) is 13.2 Å². The van der Waals surface area contributed by atoms with Crippen LogP contribution in [-0.4, -0.2) is 42.5 Å². The summed E-state index contributed by atoms with van der Waals surface area (Å²) in [6.07, 6.45) is -3.14. The number of likely N-dealkylation sites (tertiary alicyclic amines) is 1. The minimum atomic E-state index is -4.44. The first kappa shape index (κ1) is 20.7. The van der Waals surface area contributed by atoms with Gasteiger partial charge >= 0.3 is 6.18 Å². The van der Waals surface area contributed by atoms with Gasteiger partial charge in [-0.3, -0.25) is 9.59 Å². The molecule has 1 saturated heterocycles. The number of amides is 2. The molecule has 29 heavy (non-hydrogen) atoms. The van der Waals surface area contributed by atoms with Gasteiger partial charge < -0.3 is 15.0 Å². The Morgan fingerprint density at radius 2 is 1.86 bits per heavy atom. The largest absolute Gasteiger partial charge is 0.492 e. The monoisotopic (exact) mass is 406 g/mol. The van der Waals surface area contributed by atoms with Gasteiger partial charge in [-0.1, -0.05) is 24.3 Å². The first-order valence-corrected chi connectivity index (χ1v) is 9.30. The topological polar surface area (TPSA) is 58.6 Å². The molecule has 0 bridgehead atoms. The molecule has 0 aliphatic carbocycles. The summed E-state index contributed by atoms with van der Waals surface area (Å²) in [5, 5.41) is 2.70. The molecule has 1 fully saturated rings. The number of carbonyl (C=O) groups is 2. The Morgan fingerprint density at radius 3 is 2.59 bits per heavy atom. The van der Waals surface area contributed by atoms with Crippen LogP contribution in [-0.2, 0) is 11.0 Å². The highest BCUT2D eigenvalue weighted by Gasteiger charge is 2.34. The van der Waals surface area contributed by atoms with Crippen molar-refractivity contribution in [3.8, 4) is 5.75 Å². The number of halogens is 3. The molecule has 1 N–H and O–H groups in total. The lowest BCUT2D eigenvalue weighted by molar-refractivity contribution is -0.137. The van der Waals surface area contributed by atoms with E-state index in [9.17, 15) is 22.8 Å². The molecule has 1 aliphatic heterocycles. The molecule has 3 rings (SSSR count). The van der Waals surface area contributed by atoms with Crippen molar-refractivity contribution >= 4 is 11.8 Å². The van der Waals surface area contributed by atoms with E-state index in [1.807, 2.05) is 6.07 Å². The normalized spacial score (nSPS) is 16.5. The number of ether oxygens (including phenoxy) is 1. The number of rotatable bonds is 6. The summed E-state index contributed by atoms with van der Waals surface area (Å²) in [5.74, 6) is -0.404. The summed E-state index contributed by atoms with van der Waals surface area (Å²) in [4.78, 5) is 26.7. The molecule has 5 nitrogen and oxygen atoms in total. The second-order valence-electron chi connectivity index (χ2n) is 6.69. The minimum Gasteiger partial charge on any atom is -0.492 e. The second kappa shape index (κ2) is 8.98. The van der Waals surface area contributed by atoms with Crippen molar-refractivity contribution < 1.29 is 27.5 Å². The molecule has 0 saturated carbocycles. The van der Waals surface area contributed by atoms with Gasteiger partial charge in [0.1, 0.15) is 18.4 Å². The third-order valence-corrected chi connectivity index (χ3v) is 4.67. The lowest BCUT2D eigenvalue weighted by Crippen LogP contribution is -2.46. The number of benzene rings is 2. The maximum Gasteiger partial charge on any atom is 0.416 e. The van der Waals surface area contributed by atoms with Gasteiger partial charge in [-0.2, -0.15) is 13.2 Å². The molecule has 2 amide bonds. The third-order valence-electron chi connectivity index (χ3n) is 4.67. The van der Waals surface area contributed by atoms with Crippen molar-refractivity contribution in [1.82, 2.24) is 10.2 Å². The highest BCUT2D eigenvalue weighted by atomic mass is 19.4. The highest BCUT2D eigenvalue weighted by Crippen LogP contribution is 2.31. The Labute approximate surface area is 166 Å². The predicted octanol–water partition coefficient (Wildman–Crippen LogP) is 3.51. The maximum atomic E-state index is 12.7. The number of alkyl halides is 3. The van der Waals surface area contributed by atoms with Gasteiger partial charge in [-0.05, 0) is 43.2 Å². The van der Waals surface area contributed by atoms with Crippen LogP contribution in [0.25, 0.3) is 0 Å². The zero-order valence-electron chi connectivity index (χ0n) is 15.6. The molecule has 0 spiro atoms. The van der Waals surface area contributed by atoms with Gasteiger partial charge in [0.2, 0.25) is 5.91 Å². The first-order valence-electron chi connectivity index (χ1n) is 9.30. The zero-order chi connectivity index (χ0) is 20.9. The van der Waals surface area contributed by atoms with Crippen molar-refractivity contribution in [2.24, 2.45) is 0 Å². The van der Waals surface area contributed by atoms with Gasteiger partial charge in [-0.25, -0.2) is 0 Å². The number of nitrogens with one attached hydrogen (secondary N) is 1. The van der Waals surface area contributed by atoms with Crippen LogP contribution < -0.4 is 10.1 Å². The molecule has 1 unspecified atom stereocenters. The van der Waals surface area contributed by atoms with Gasteiger partial charge in [0.15, 0.2) is 0 Å². The van der Waals surface area contributed by atoms with Crippen LogP contribution in [0, 0.1) is 0 Å². The summed E-state index contributed by atoms with van der Waals surface area (Å²) in [6, 6.07) is 12.8. The molecule has 8 heteroatoms. The van der Waals surface area contributed by atoms with Crippen LogP contribution in [0.2, 0.25) is 0 Å². The smallest absolute Gasteiger partial charge is 0.416 e. The third kappa shape index (κ3) is 5.28. The number of carbonyl (C=O) groups excluding carboxylic acids is 2. The fraction of sp³-hybridized carbons (Fsp3) is 0.333. The van der Waals surface area contributed by atoms with Crippen molar-refractivity contribution in [3.05, 3.63) is 65.7 Å². The van der Waals surface area contributed by atoms with Gasteiger partial charge in [0.05, 0.1) is 12.1 Å². The first-order chi connectivity index (χ1) is 13.9. The summed E-state index contributed by atoms with van der Waals surface area (Å²) in [7, 11) is 0. The number of hydrogen-bond acceptors (Lipinski definition) is 3. The van der Waals surface area contributed by atoms with E-state index < -0.39 is 17.8 Å². The second-order valence-corrected chi connectivity index (χ2v) is 6.69. The predicted molar refractivity (Wildman–Crippen MR) is 100 cm³/mol. The molecule has 1 heterocycles. The molecule has 1 aliphatic rings. The van der Waals surface area contributed by atoms with Gasteiger partial charge in [0.25, 0.3) is 5.91 Å². The van der Waals surface area contributed by atoms with Gasteiger partial charge in [0, 0.05) is 12.1 Å². The highest BCUT2D eigenvalue weighted by molar-refractivity contribution is 5.97. The molecule has 2 aromatic rings. The average molecular weight is 406 g/mol. The molecular formula is C21H21F3N2O3. The molecule has 1 atom stereocenters. The Morgan fingerprint density at radius 1 is 1.10 bits per heavy atom. The molecule has 154 valence electrons. The van der Waals surface area contributed by atoms with E-state index in [1.165, 1.54) is 12.1 Å². The number of nitrogens with zero attached hydrogens (tertiary/aromatic N) is 1. The standard InChI is InChI=1S/C21H21F3N2O3/c22-21(23,24)16-8-4-9-17(14-16)29-13-11-25-19(27)18-10-5-12-26(18)20(28)15-6-2-1-3-7-15/h1-4,6-9,14,18H,5,10-13H2,(H,25,27). The fourth-order valence-electron chi connectivity index (χ4n) is 3.25. The lowest BCUT2D eigenvalue weighted by Gasteiger charge is -2.24. The van der Waals surface area contributed by atoms with Gasteiger partial charge in [-0.15, -0.1) is 0 Å². The maximum absolute atomic E-state index is 12.7. The van der Waals surface area contributed by atoms with Crippen LogP contribution in [0.15, 0.2) is 54.6 Å². The van der Waals surface area contributed by atoms with E-state index in [1.54, 1.807) is 29.2 Å². The quantitative estimate of drug-likeness (QED) is 0.747. The van der Waals surface area contributed by atoms with E-state index in [-0.39, 0.29) is 30.7 Å². The lowest BCUT2D eigenvalue weighted by atomic mass is 10.1. The van der Waals surface area contributed by atoms with Crippen molar-refractivity contribution in [2.75, 3.05) is 19.7 Å². The number of hydrogen-bond donors (Lipinski definition) is 1. The Balaban J connectivity index is 1.50. The molecule has 0 radical (unpaired) electrons. The van der Waals surface area contributed by atoms with Crippen LogP contribution >= 0.6 is 0 Å². The van der Waals surface area contributed by atoms with Crippen LogP contribution in [0.5, 0.6) is 5.75 Å². The molecule has 0 aromatic heterocycles. The molecular weight excluding hydrogens is 385 g/mol. The average Bonchev–Trinajstić information content (AvgIpc) is 3.21. The Kier molecular flexibility index (Phi) is 6.41. The summed E-state index contributed by atoms with van der Waals surface area (Å²) >= 11 is 0. The zero-order valence-corrected chi connectivity index (χ0v) is 15.6. The van der Waals surface area contributed by atoms with Crippen molar-refractivity contribution in [3.63, 3.8) is 0 Å². The van der Waals surface area contributed by atoms with E-state index in [2.05, 4.69) is 5.32 Å². The van der Waals surface area contributed by atoms with E-state index >= 15 is 0 Å². The SMILES string of the molecule is O=C(NCCOc1cccc(C(F)(F)F)c1)C1CCCN1C(=O)c1ccccc1. The van der Waals surface area contributed by atoms with Crippen LogP contribution in [0.1, 0.15) is 28.8 Å². The minimum absolute atomic E-state index is 0.0202. The fourth-order valence-corrected chi connectivity index (χ4v) is 3.25. The summed E-state index contributed by atoms with van der Waals surface area (Å²) in [5.41, 5.74) is -0.264. The van der Waals surface area contributed by atoms with Crippen LogP contribution in [0.3, 0.4) is 0 Å². The summed E-state index contributed by atoms with van der Waals surface area (Å²) in [6.45, 7) is 0.651. The van der Waals surface area contributed by atoms with Crippen molar-refractivity contribution in [1.29, 1.82) is 0 Å². The Hall–Kier alpha value is -3.03. The Bertz CT molecular complexity index is 856. The van der Waals surface area contributed by atoms with Crippen molar-refractivity contribution in [2.45, 2.75) is 25.1 Å². The molecule has 2 aromatic carbocycles. The van der Waals surface area contributed by atoms with E-state index in [0.29, 0.717) is 18.5 Å². The summed E-state index contributed by atoms with van der Waals surface area (Å²) < 4.78 is 43.4. The van der Waals surface area contributed by atoms with E-state index in [4.69, 9.17) is 4.74 Å².